The first kappa shape index (κ1) is 16.5. The van der Waals surface area contributed by atoms with Crippen LogP contribution in [0.25, 0.3) is 0 Å². The van der Waals surface area contributed by atoms with Gasteiger partial charge in [0.1, 0.15) is 5.60 Å². The van der Waals surface area contributed by atoms with Crippen LogP contribution in [0.2, 0.25) is 0 Å². The molecule has 0 aliphatic heterocycles. The number of fused-ring (bicyclic) bond motifs is 9. The lowest BCUT2D eigenvalue weighted by Gasteiger charge is -2.45. The van der Waals surface area contributed by atoms with Gasteiger partial charge in [-0.25, -0.2) is 0 Å². The third-order valence-corrected chi connectivity index (χ3v) is 7.17. The monoisotopic (exact) mass is 350 g/mol. The van der Waals surface area contributed by atoms with Crippen LogP contribution in [0, 0.1) is 41.4 Å². The van der Waals surface area contributed by atoms with E-state index in [1.807, 2.05) is 0 Å². The smallest absolute Gasteiger partial charge is 0.383 e. The minimum atomic E-state index is -5.66. The van der Waals surface area contributed by atoms with Crippen molar-refractivity contribution in [2.45, 2.75) is 43.9 Å². The standard InChI is InChI=1S/C17H19F5O2/c1-15(24,16(18,19)14(23)17(20,21)22)11-6-9-5-10(11)13-8-3-2-7(4-8)12(9)13/h2-3,7-13,24H,4-6H2,1H3. The lowest BCUT2D eigenvalue weighted by atomic mass is 9.63. The molecule has 1 N–H and O–H groups in total. The summed E-state index contributed by atoms with van der Waals surface area (Å²) in [7, 11) is 0. The molecule has 0 aromatic rings. The Hall–Kier alpha value is -0.980. The first-order valence-corrected chi connectivity index (χ1v) is 8.36. The summed E-state index contributed by atoms with van der Waals surface area (Å²) in [6.45, 7) is 0.708. The molecule has 3 fully saturated rings. The van der Waals surface area contributed by atoms with Crippen molar-refractivity contribution < 1.29 is 31.9 Å². The summed E-state index contributed by atoms with van der Waals surface area (Å²) < 4.78 is 66.1. The fraction of sp³-hybridized carbons (Fsp3) is 0.824. The number of alkyl halides is 5. The maximum absolute atomic E-state index is 14.3. The number of carbonyl (C=O) groups excluding carboxylic acids is 1. The lowest BCUT2D eigenvalue weighted by molar-refractivity contribution is -0.239. The van der Waals surface area contributed by atoms with Crippen LogP contribution in [-0.4, -0.2) is 28.6 Å². The second-order valence-electron chi connectivity index (χ2n) is 8.15. The number of hydrogen-bond donors (Lipinski definition) is 1. The van der Waals surface area contributed by atoms with Crippen molar-refractivity contribution in [2.75, 3.05) is 0 Å². The summed E-state index contributed by atoms with van der Waals surface area (Å²) >= 11 is 0. The maximum Gasteiger partial charge on any atom is 0.456 e. The van der Waals surface area contributed by atoms with E-state index in [0.717, 1.165) is 6.42 Å². The Morgan fingerprint density at radius 3 is 2.17 bits per heavy atom. The number of allylic oxidation sites excluding steroid dienone is 2. The Morgan fingerprint density at radius 1 is 1.00 bits per heavy atom. The van der Waals surface area contributed by atoms with Crippen molar-refractivity contribution in [3.63, 3.8) is 0 Å². The first-order chi connectivity index (χ1) is 11.0. The molecule has 0 heterocycles. The molecule has 7 heteroatoms. The van der Waals surface area contributed by atoms with Crippen LogP contribution < -0.4 is 0 Å². The van der Waals surface area contributed by atoms with Crippen LogP contribution in [-0.2, 0) is 4.79 Å². The second-order valence-corrected chi connectivity index (χ2v) is 8.15. The van der Waals surface area contributed by atoms with Crippen molar-refractivity contribution >= 4 is 5.78 Å². The van der Waals surface area contributed by atoms with Crippen molar-refractivity contribution in [1.29, 1.82) is 0 Å². The van der Waals surface area contributed by atoms with E-state index in [-0.39, 0.29) is 30.1 Å². The van der Waals surface area contributed by atoms with E-state index < -0.39 is 29.4 Å². The van der Waals surface area contributed by atoms with Gasteiger partial charge >= 0.3 is 17.9 Å². The van der Waals surface area contributed by atoms with Gasteiger partial charge < -0.3 is 5.11 Å². The number of ketones is 1. The highest BCUT2D eigenvalue weighted by Gasteiger charge is 2.71. The molecule has 0 spiro atoms. The predicted molar refractivity (Wildman–Crippen MR) is 74.1 cm³/mol. The molecular formula is C17H19F5O2. The highest BCUT2D eigenvalue weighted by molar-refractivity contribution is 5.91. The van der Waals surface area contributed by atoms with E-state index >= 15 is 0 Å². The second kappa shape index (κ2) is 4.59. The average Bonchev–Trinajstić information content (AvgIpc) is 3.22. The Labute approximate surface area is 136 Å². The van der Waals surface area contributed by atoms with Crippen molar-refractivity contribution in [3.8, 4) is 0 Å². The third kappa shape index (κ3) is 1.88. The van der Waals surface area contributed by atoms with Crippen molar-refractivity contribution in [3.05, 3.63) is 12.2 Å². The maximum atomic E-state index is 14.3. The van der Waals surface area contributed by atoms with Gasteiger partial charge in [0.05, 0.1) is 0 Å². The Morgan fingerprint density at radius 2 is 1.58 bits per heavy atom. The fourth-order valence-corrected chi connectivity index (χ4v) is 6.30. The molecule has 0 saturated heterocycles. The molecule has 4 bridgehead atoms. The van der Waals surface area contributed by atoms with Gasteiger partial charge in [-0.05, 0) is 67.6 Å². The van der Waals surface area contributed by atoms with Gasteiger partial charge in [0.25, 0.3) is 0 Å². The summed E-state index contributed by atoms with van der Waals surface area (Å²) in [6.07, 6.45) is 0.508. The molecule has 2 nitrogen and oxygen atoms in total. The van der Waals surface area contributed by atoms with Crippen LogP contribution in [0.15, 0.2) is 12.2 Å². The molecule has 0 amide bonds. The van der Waals surface area contributed by atoms with E-state index in [9.17, 15) is 31.9 Å². The minimum absolute atomic E-state index is 0.159. The highest BCUT2D eigenvalue weighted by Crippen LogP contribution is 2.69. The Kier molecular flexibility index (Phi) is 3.16. The molecule has 8 unspecified atom stereocenters. The molecule has 134 valence electrons. The number of Topliss-reactive ketones (excluding diaryl/α,β-unsaturated/α-hetero) is 1. The van der Waals surface area contributed by atoms with Gasteiger partial charge in [-0.2, -0.15) is 22.0 Å². The van der Waals surface area contributed by atoms with Gasteiger partial charge in [0.15, 0.2) is 0 Å². The van der Waals surface area contributed by atoms with E-state index in [1.165, 1.54) is 0 Å². The summed E-state index contributed by atoms with van der Waals surface area (Å²) in [5.41, 5.74) is -2.98. The quantitative estimate of drug-likeness (QED) is 0.480. The lowest BCUT2D eigenvalue weighted by Crippen LogP contribution is -2.61. The van der Waals surface area contributed by atoms with E-state index in [2.05, 4.69) is 12.2 Å². The van der Waals surface area contributed by atoms with Gasteiger partial charge in [-0.3, -0.25) is 4.79 Å². The van der Waals surface area contributed by atoms with E-state index in [4.69, 9.17) is 0 Å². The molecule has 24 heavy (non-hydrogen) atoms. The van der Waals surface area contributed by atoms with Crippen LogP contribution in [0.3, 0.4) is 0 Å². The zero-order valence-corrected chi connectivity index (χ0v) is 13.1. The average molecular weight is 350 g/mol. The molecule has 4 rings (SSSR count). The number of rotatable bonds is 3. The number of halogens is 5. The molecule has 0 aromatic carbocycles. The van der Waals surface area contributed by atoms with Crippen LogP contribution >= 0.6 is 0 Å². The molecular weight excluding hydrogens is 331 g/mol. The van der Waals surface area contributed by atoms with Gasteiger partial charge in [-0.1, -0.05) is 12.2 Å². The summed E-state index contributed by atoms with van der Waals surface area (Å²) in [5, 5.41) is 10.4. The Balaban J connectivity index is 1.63. The molecule has 3 saturated carbocycles. The van der Waals surface area contributed by atoms with Crippen LogP contribution in [0.1, 0.15) is 26.2 Å². The highest BCUT2D eigenvalue weighted by atomic mass is 19.4. The minimum Gasteiger partial charge on any atom is -0.383 e. The molecule has 0 radical (unpaired) electrons. The zero-order chi connectivity index (χ0) is 17.7. The molecule has 0 aromatic heterocycles. The molecule has 4 aliphatic rings. The SMILES string of the molecule is CC(O)(C1CC2CC1C1C3C=CC(C3)C21)C(F)(F)C(=O)C(F)(F)F. The predicted octanol–water partition coefficient (Wildman–Crippen LogP) is 3.60. The topological polar surface area (TPSA) is 37.3 Å². The first-order valence-electron chi connectivity index (χ1n) is 8.36. The van der Waals surface area contributed by atoms with E-state index in [0.29, 0.717) is 25.2 Å². The normalized spacial score (nSPS) is 45.5. The van der Waals surface area contributed by atoms with Gasteiger partial charge in [0, 0.05) is 0 Å². The third-order valence-electron chi connectivity index (χ3n) is 7.17. The molecule has 8 atom stereocenters. The summed E-state index contributed by atoms with van der Waals surface area (Å²) in [4.78, 5) is 11.2. The largest absolute Gasteiger partial charge is 0.456 e. The number of carbonyl (C=O) groups is 1. The summed E-state index contributed by atoms with van der Waals surface area (Å²) in [6, 6.07) is 0. The van der Waals surface area contributed by atoms with Crippen molar-refractivity contribution in [1.82, 2.24) is 0 Å². The summed E-state index contributed by atoms with van der Waals surface area (Å²) in [5.74, 6) is -7.74. The van der Waals surface area contributed by atoms with Crippen LogP contribution in [0.5, 0.6) is 0 Å². The van der Waals surface area contributed by atoms with Gasteiger partial charge in [0.2, 0.25) is 0 Å². The Bertz CT molecular complexity index is 609. The zero-order valence-electron chi connectivity index (χ0n) is 13.1. The van der Waals surface area contributed by atoms with Crippen molar-refractivity contribution in [2.24, 2.45) is 41.4 Å². The number of aliphatic hydroxyl groups is 1. The number of hydrogen-bond acceptors (Lipinski definition) is 2. The van der Waals surface area contributed by atoms with Gasteiger partial charge in [-0.15, -0.1) is 0 Å². The molecule has 4 aliphatic carbocycles. The van der Waals surface area contributed by atoms with Crippen LogP contribution in [0.4, 0.5) is 22.0 Å². The van der Waals surface area contributed by atoms with E-state index in [1.54, 1.807) is 0 Å². The fourth-order valence-electron chi connectivity index (χ4n) is 6.30.